The number of aromatic nitrogens is 3. The Balaban J connectivity index is 2.08. The van der Waals surface area contributed by atoms with E-state index in [1.807, 2.05) is 0 Å². The molecule has 1 atom stereocenters. The van der Waals surface area contributed by atoms with Crippen molar-refractivity contribution in [2.75, 3.05) is 13.2 Å². The average molecular weight is 188 g/mol. The minimum absolute atomic E-state index is 0.288. The summed E-state index contributed by atoms with van der Waals surface area (Å²) in [4.78, 5) is 4.05. The molecule has 0 amide bonds. The number of aromatic amines is 1. The number of hydrogen-bond donors (Lipinski definition) is 1. The predicted molar refractivity (Wildman–Crippen MR) is 44.2 cm³/mol. The van der Waals surface area contributed by atoms with Crippen LogP contribution in [0.4, 0.5) is 0 Å². The van der Waals surface area contributed by atoms with Crippen molar-refractivity contribution in [3.05, 3.63) is 11.1 Å². The molecule has 0 saturated carbocycles. The van der Waals surface area contributed by atoms with Crippen LogP contribution in [0.25, 0.3) is 0 Å². The highest BCUT2D eigenvalue weighted by Gasteiger charge is 2.19. The van der Waals surface area contributed by atoms with Crippen LogP contribution in [-0.4, -0.2) is 28.4 Å². The topological polar surface area (TPSA) is 50.8 Å². The highest BCUT2D eigenvalue weighted by atomic mass is 35.5. The zero-order chi connectivity index (χ0) is 8.39. The molecule has 1 aromatic rings. The number of halogens is 1. The van der Waals surface area contributed by atoms with E-state index < -0.39 is 0 Å². The van der Waals surface area contributed by atoms with E-state index in [0.717, 1.165) is 31.9 Å². The molecule has 66 valence electrons. The molecule has 0 aromatic carbocycles. The lowest BCUT2D eigenvalue weighted by atomic mass is 10.0. The summed E-state index contributed by atoms with van der Waals surface area (Å²) in [5, 5.41) is 6.86. The Labute approximate surface area is 75.3 Å². The Morgan fingerprint density at radius 2 is 2.50 bits per heavy atom. The lowest BCUT2D eigenvalue weighted by Gasteiger charge is -2.19. The number of ether oxygens (including phenoxy) is 1. The zero-order valence-corrected chi connectivity index (χ0v) is 7.34. The third kappa shape index (κ3) is 1.59. The fraction of sp³-hybridized carbons (Fsp3) is 0.714. The molecule has 2 rings (SSSR count). The van der Waals surface area contributed by atoms with Gasteiger partial charge in [0.1, 0.15) is 5.82 Å². The first-order chi connectivity index (χ1) is 5.86. The summed E-state index contributed by atoms with van der Waals surface area (Å²) in [6.07, 6.45) is 2.19. The van der Waals surface area contributed by atoms with Crippen LogP contribution < -0.4 is 0 Å². The van der Waals surface area contributed by atoms with Crippen LogP contribution in [0.2, 0.25) is 5.28 Å². The van der Waals surface area contributed by atoms with Crippen molar-refractivity contribution >= 4 is 11.6 Å². The van der Waals surface area contributed by atoms with Gasteiger partial charge < -0.3 is 4.74 Å². The van der Waals surface area contributed by atoms with Crippen molar-refractivity contribution in [1.82, 2.24) is 15.2 Å². The third-order valence-corrected chi connectivity index (χ3v) is 2.19. The Morgan fingerprint density at radius 3 is 3.08 bits per heavy atom. The molecule has 4 nitrogen and oxygen atoms in total. The first-order valence-corrected chi connectivity index (χ1v) is 4.39. The average Bonchev–Trinajstić information content (AvgIpc) is 2.54. The van der Waals surface area contributed by atoms with Crippen molar-refractivity contribution in [1.29, 1.82) is 0 Å². The maximum atomic E-state index is 5.59. The van der Waals surface area contributed by atoms with Gasteiger partial charge in [-0.25, -0.2) is 4.98 Å². The lowest BCUT2D eigenvalue weighted by Crippen LogP contribution is -2.16. The Kier molecular flexibility index (Phi) is 2.28. The summed E-state index contributed by atoms with van der Waals surface area (Å²) in [7, 11) is 0. The second kappa shape index (κ2) is 3.41. The summed E-state index contributed by atoms with van der Waals surface area (Å²) >= 11 is 5.59. The van der Waals surface area contributed by atoms with Gasteiger partial charge in [0, 0.05) is 12.5 Å². The highest BCUT2D eigenvalue weighted by Crippen LogP contribution is 2.22. The van der Waals surface area contributed by atoms with E-state index in [1.54, 1.807) is 0 Å². The Bertz CT molecular complexity index is 257. The summed E-state index contributed by atoms with van der Waals surface area (Å²) in [6.45, 7) is 1.59. The van der Waals surface area contributed by atoms with E-state index in [-0.39, 0.29) is 5.28 Å². The Hall–Kier alpha value is -0.610. The molecule has 5 heteroatoms. The van der Waals surface area contributed by atoms with Crippen LogP contribution in [0.3, 0.4) is 0 Å². The van der Waals surface area contributed by atoms with Gasteiger partial charge in [-0.15, -0.1) is 5.10 Å². The van der Waals surface area contributed by atoms with Crippen LogP contribution in [-0.2, 0) is 4.74 Å². The first-order valence-electron chi connectivity index (χ1n) is 4.02. The second-order valence-electron chi connectivity index (χ2n) is 2.90. The van der Waals surface area contributed by atoms with Gasteiger partial charge in [0.15, 0.2) is 0 Å². The van der Waals surface area contributed by atoms with Gasteiger partial charge in [0.25, 0.3) is 0 Å². The number of H-pyrrole nitrogens is 1. The molecule has 2 heterocycles. The van der Waals surface area contributed by atoms with Crippen LogP contribution >= 0.6 is 11.6 Å². The van der Waals surface area contributed by atoms with Crippen LogP contribution in [0.5, 0.6) is 0 Å². The van der Waals surface area contributed by atoms with E-state index in [0.29, 0.717) is 5.92 Å². The molecule has 12 heavy (non-hydrogen) atoms. The van der Waals surface area contributed by atoms with E-state index in [9.17, 15) is 0 Å². The number of hydrogen-bond acceptors (Lipinski definition) is 3. The third-order valence-electron chi connectivity index (χ3n) is 2.02. The standard InChI is InChI=1S/C7H10ClN3O/c8-7-9-6(10-11-7)5-2-1-3-12-4-5/h5H,1-4H2,(H,9,10,11). The molecule has 0 spiro atoms. The SMILES string of the molecule is Clc1n[nH]c(C2CCCOC2)n1. The van der Waals surface area contributed by atoms with Crippen LogP contribution in [0.1, 0.15) is 24.6 Å². The molecule has 1 aliphatic rings. The molecule has 1 aromatic heterocycles. The number of nitrogens with one attached hydrogen (secondary N) is 1. The fourth-order valence-electron chi connectivity index (χ4n) is 1.39. The van der Waals surface area contributed by atoms with Gasteiger partial charge in [-0.3, -0.25) is 5.10 Å². The monoisotopic (exact) mass is 187 g/mol. The molecule has 1 unspecified atom stereocenters. The minimum atomic E-state index is 0.288. The van der Waals surface area contributed by atoms with Gasteiger partial charge in [0.05, 0.1) is 6.61 Å². The van der Waals surface area contributed by atoms with Gasteiger partial charge in [-0.1, -0.05) is 0 Å². The molecule has 0 radical (unpaired) electrons. The predicted octanol–water partition coefficient (Wildman–Crippen LogP) is 1.35. The molecule has 0 aliphatic carbocycles. The van der Waals surface area contributed by atoms with Crippen LogP contribution in [0.15, 0.2) is 0 Å². The summed E-state index contributed by atoms with van der Waals surface area (Å²) < 4.78 is 5.31. The van der Waals surface area contributed by atoms with Gasteiger partial charge >= 0.3 is 0 Å². The van der Waals surface area contributed by atoms with Crippen molar-refractivity contribution < 1.29 is 4.74 Å². The fourth-order valence-corrected chi connectivity index (χ4v) is 1.53. The van der Waals surface area contributed by atoms with Crippen molar-refractivity contribution in [2.24, 2.45) is 0 Å². The lowest BCUT2D eigenvalue weighted by molar-refractivity contribution is 0.0781. The summed E-state index contributed by atoms with van der Waals surface area (Å²) in [5.41, 5.74) is 0. The Morgan fingerprint density at radius 1 is 1.58 bits per heavy atom. The van der Waals surface area contributed by atoms with Crippen molar-refractivity contribution in [2.45, 2.75) is 18.8 Å². The van der Waals surface area contributed by atoms with Gasteiger partial charge in [0.2, 0.25) is 5.28 Å². The zero-order valence-electron chi connectivity index (χ0n) is 6.59. The van der Waals surface area contributed by atoms with E-state index in [1.165, 1.54) is 0 Å². The molecule has 1 saturated heterocycles. The minimum Gasteiger partial charge on any atom is -0.381 e. The quantitative estimate of drug-likeness (QED) is 0.722. The summed E-state index contributed by atoms with van der Waals surface area (Å²) in [5.74, 6) is 1.19. The largest absolute Gasteiger partial charge is 0.381 e. The molecular formula is C7H10ClN3O. The van der Waals surface area contributed by atoms with Gasteiger partial charge in [-0.2, -0.15) is 0 Å². The van der Waals surface area contributed by atoms with E-state index in [2.05, 4.69) is 15.2 Å². The maximum absolute atomic E-state index is 5.59. The normalized spacial score (nSPS) is 24.2. The number of rotatable bonds is 1. The molecule has 1 fully saturated rings. The maximum Gasteiger partial charge on any atom is 0.242 e. The number of nitrogens with zero attached hydrogens (tertiary/aromatic N) is 2. The summed E-state index contributed by atoms with van der Waals surface area (Å²) in [6, 6.07) is 0. The molecule has 0 bridgehead atoms. The first kappa shape index (κ1) is 8.01. The van der Waals surface area contributed by atoms with Crippen molar-refractivity contribution in [3.8, 4) is 0 Å². The second-order valence-corrected chi connectivity index (χ2v) is 3.24. The van der Waals surface area contributed by atoms with E-state index >= 15 is 0 Å². The molecular weight excluding hydrogens is 178 g/mol. The van der Waals surface area contributed by atoms with E-state index in [4.69, 9.17) is 16.3 Å². The smallest absolute Gasteiger partial charge is 0.242 e. The molecule has 1 N–H and O–H groups in total. The van der Waals surface area contributed by atoms with Crippen LogP contribution in [0, 0.1) is 0 Å². The van der Waals surface area contributed by atoms with Crippen molar-refractivity contribution in [3.63, 3.8) is 0 Å². The van der Waals surface area contributed by atoms with Gasteiger partial charge in [-0.05, 0) is 24.4 Å². The highest BCUT2D eigenvalue weighted by molar-refractivity contribution is 6.28. The molecule has 1 aliphatic heterocycles.